The van der Waals surface area contributed by atoms with E-state index in [4.69, 9.17) is 5.73 Å². The Morgan fingerprint density at radius 1 is 1.61 bits per heavy atom. The average Bonchev–Trinajstić information content (AvgIpc) is 2.95. The van der Waals surface area contributed by atoms with E-state index in [0.29, 0.717) is 10.8 Å². The fourth-order valence-electron chi connectivity index (χ4n) is 2.28. The van der Waals surface area contributed by atoms with Crippen LogP contribution in [0.4, 0.5) is 0 Å². The van der Waals surface area contributed by atoms with Gasteiger partial charge in [-0.05, 0) is 19.1 Å². The highest BCUT2D eigenvalue weighted by atomic mass is 32.2. The quantitative estimate of drug-likeness (QED) is 0.730. The number of thioether (sulfide) groups is 1. The third-order valence-corrected chi connectivity index (χ3v) is 5.90. The second-order valence-electron chi connectivity index (χ2n) is 4.36. The van der Waals surface area contributed by atoms with E-state index in [1.807, 2.05) is 6.26 Å². The average molecular weight is 290 g/mol. The fraction of sp³-hybridized carbons (Fsp3) is 0.700. The van der Waals surface area contributed by atoms with Crippen molar-refractivity contribution in [1.82, 2.24) is 14.9 Å². The van der Waals surface area contributed by atoms with Crippen molar-refractivity contribution in [3.8, 4) is 0 Å². The van der Waals surface area contributed by atoms with Crippen molar-refractivity contribution < 1.29 is 8.42 Å². The molecule has 1 aliphatic carbocycles. The standard InChI is InChI=1S/C10H18N4O2S2/c1-17-9-4-2-3-8(9)14-18(15,16)10-7(5-11)6-12-13-10/h6,8-9,14H,2-5,11H2,1H3,(H,12,13). The maximum absolute atomic E-state index is 12.2. The second kappa shape index (κ2) is 5.60. The van der Waals surface area contributed by atoms with Crippen LogP contribution in [0.2, 0.25) is 0 Å². The molecule has 1 aliphatic rings. The summed E-state index contributed by atoms with van der Waals surface area (Å²) in [5.41, 5.74) is 6.01. The van der Waals surface area contributed by atoms with E-state index < -0.39 is 10.0 Å². The molecule has 1 aromatic heterocycles. The van der Waals surface area contributed by atoms with Gasteiger partial charge in [-0.15, -0.1) is 0 Å². The molecule has 0 saturated heterocycles. The SMILES string of the molecule is CSC1CCCC1NS(=O)(=O)c1[nH]ncc1CN. The van der Waals surface area contributed by atoms with Crippen molar-refractivity contribution >= 4 is 21.8 Å². The zero-order chi connectivity index (χ0) is 13.2. The predicted molar refractivity (Wildman–Crippen MR) is 71.7 cm³/mol. The summed E-state index contributed by atoms with van der Waals surface area (Å²) in [5, 5.41) is 6.71. The van der Waals surface area contributed by atoms with E-state index in [9.17, 15) is 8.42 Å². The van der Waals surface area contributed by atoms with Crippen molar-refractivity contribution in [2.45, 2.75) is 42.1 Å². The molecule has 0 aromatic carbocycles. The van der Waals surface area contributed by atoms with E-state index in [0.717, 1.165) is 19.3 Å². The number of nitrogens with one attached hydrogen (secondary N) is 2. The Bertz CT molecular complexity index is 500. The molecule has 1 fully saturated rings. The Hall–Kier alpha value is -0.570. The van der Waals surface area contributed by atoms with Gasteiger partial charge in [-0.2, -0.15) is 16.9 Å². The summed E-state index contributed by atoms with van der Waals surface area (Å²) in [6.07, 6.45) is 6.47. The van der Waals surface area contributed by atoms with E-state index in [1.54, 1.807) is 11.8 Å². The molecule has 1 aromatic rings. The van der Waals surface area contributed by atoms with Crippen molar-refractivity contribution in [3.05, 3.63) is 11.8 Å². The molecular formula is C10H18N4O2S2. The summed E-state index contributed by atoms with van der Waals surface area (Å²) >= 11 is 1.71. The van der Waals surface area contributed by atoms with Gasteiger partial charge in [-0.3, -0.25) is 5.10 Å². The van der Waals surface area contributed by atoms with Crippen LogP contribution in [-0.4, -0.2) is 36.2 Å². The highest BCUT2D eigenvalue weighted by molar-refractivity contribution is 7.99. The minimum absolute atomic E-state index is 0.000996. The number of hydrogen-bond donors (Lipinski definition) is 3. The third kappa shape index (κ3) is 2.71. The molecule has 2 atom stereocenters. The highest BCUT2D eigenvalue weighted by Gasteiger charge is 2.32. The zero-order valence-corrected chi connectivity index (χ0v) is 11.9. The number of aromatic nitrogens is 2. The maximum Gasteiger partial charge on any atom is 0.258 e. The maximum atomic E-state index is 12.2. The highest BCUT2D eigenvalue weighted by Crippen LogP contribution is 2.29. The van der Waals surface area contributed by atoms with Crippen LogP contribution in [0.25, 0.3) is 0 Å². The summed E-state index contributed by atoms with van der Waals surface area (Å²) < 4.78 is 27.2. The second-order valence-corrected chi connectivity index (χ2v) is 7.09. The van der Waals surface area contributed by atoms with Crippen molar-refractivity contribution in [1.29, 1.82) is 0 Å². The molecule has 18 heavy (non-hydrogen) atoms. The summed E-state index contributed by atoms with van der Waals surface area (Å²) in [6.45, 7) is 0.156. The molecule has 6 nitrogen and oxygen atoms in total. The van der Waals surface area contributed by atoms with E-state index in [2.05, 4.69) is 14.9 Å². The predicted octanol–water partition coefficient (Wildman–Crippen LogP) is 0.431. The number of sulfonamides is 1. The first-order valence-corrected chi connectivity index (χ1v) is 8.63. The van der Waals surface area contributed by atoms with Crippen LogP contribution >= 0.6 is 11.8 Å². The van der Waals surface area contributed by atoms with Crippen LogP contribution in [0.5, 0.6) is 0 Å². The summed E-state index contributed by atoms with van der Waals surface area (Å²) in [5.74, 6) is 0. The lowest BCUT2D eigenvalue weighted by atomic mass is 10.3. The number of nitrogens with zero attached hydrogens (tertiary/aromatic N) is 1. The molecule has 4 N–H and O–H groups in total. The molecule has 2 rings (SSSR count). The van der Waals surface area contributed by atoms with E-state index in [1.165, 1.54) is 6.20 Å². The lowest BCUT2D eigenvalue weighted by Gasteiger charge is -2.18. The molecule has 1 heterocycles. The van der Waals surface area contributed by atoms with Crippen LogP contribution in [0.1, 0.15) is 24.8 Å². The van der Waals surface area contributed by atoms with Crippen molar-refractivity contribution in [2.24, 2.45) is 5.73 Å². The van der Waals surface area contributed by atoms with Gasteiger partial charge in [-0.1, -0.05) is 6.42 Å². The molecule has 0 aliphatic heterocycles. The molecule has 0 spiro atoms. The lowest BCUT2D eigenvalue weighted by molar-refractivity contribution is 0.550. The monoisotopic (exact) mass is 290 g/mol. The molecule has 102 valence electrons. The van der Waals surface area contributed by atoms with Gasteiger partial charge in [0.25, 0.3) is 10.0 Å². The molecule has 0 amide bonds. The summed E-state index contributed by atoms with van der Waals surface area (Å²) in [4.78, 5) is 0. The van der Waals surface area contributed by atoms with E-state index >= 15 is 0 Å². The van der Waals surface area contributed by atoms with Gasteiger partial charge in [-0.25, -0.2) is 13.1 Å². The topological polar surface area (TPSA) is 101 Å². The smallest absolute Gasteiger partial charge is 0.258 e. The van der Waals surface area contributed by atoms with Gasteiger partial charge in [0.15, 0.2) is 5.03 Å². The first kappa shape index (κ1) is 13.9. The van der Waals surface area contributed by atoms with Gasteiger partial charge < -0.3 is 5.73 Å². The number of rotatable bonds is 5. The van der Waals surface area contributed by atoms with E-state index in [-0.39, 0.29) is 17.6 Å². The summed E-state index contributed by atoms with van der Waals surface area (Å²) in [7, 11) is -3.55. The fourth-order valence-corrected chi connectivity index (χ4v) is 4.75. The first-order chi connectivity index (χ1) is 8.58. The van der Waals surface area contributed by atoms with Crippen LogP contribution in [0, 0.1) is 0 Å². The normalized spacial score (nSPS) is 24.6. The summed E-state index contributed by atoms with van der Waals surface area (Å²) in [6, 6.07) is -0.000996. The Morgan fingerprint density at radius 2 is 2.39 bits per heavy atom. The Balaban J connectivity index is 2.17. The molecule has 0 bridgehead atoms. The Morgan fingerprint density at radius 3 is 3.06 bits per heavy atom. The van der Waals surface area contributed by atoms with Crippen LogP contribution in [0.3, 0.4) is 0 Å². The van der Waals surface area contributed by atoms with Gasteiger partial charge in [0.05, 0.1) is 6.20 Å². The van der Waals surface area contributed by atoms with Crippen LogP contribution < -0.4 is 10.5 Å². The molecule has 0 radical (unpaired) electrons. The van der Waals surface area contributed by atoms with Crippen molar-refractivity contribution in [2.75, 3.05) is 6.26 Å². The molecular weight excluding hydrogens is 272 g/mol. The van der Waals surface area contributed by atoms with Crippen LogP contribution in [-0.2, 0) is 16.6 Å². The Kier molecular flexibility index (Phi) is 4.31. The van der Waals surface area contributed by atoms with Crippen LogP contribution in [0.15, 0.2) is 11.2 Å². The Labute approximate surface area is 111 Å². The van der Waals surface area contributed by atoms with Gasteiger partial charge in [0.2, 0.25) is 0 Å². The number of nitrogens with two attached hydrogens (primary N) is 1. The van der Waals surface area contributed by atoms with Gasteiger partial charge in [0, 0.05) is 23.4 Å². The molecule has 8 heteroatoms. The van der Waals surface area contributed by atoms with Crippen molar-refractivity contribution in [3.63, 3.8) is 0 Å². The van der Waals surface area contributed by atoms with Gasteiger partial charge >= 0.3 is 0 Å². The lowest BCUT2D eigenvalue weighted by Crippen LogP contribution is -2.39. The minimum Gasteiger partial charge on any atom is -0.326 e. The molecule has 1 saturated carbocycles. The van der Waals surface area contributed by atoms with Gasteiger partial charge in [0.1, 0.15) is 0 Å². The number of aromatic amines is 1. The first-order valence-electron chi connectivity index (χ1n) is 5.86. The third-order valence-electron chi connectivity index (χ3n) is 3.23. The number of hydrogen-bond acceptors (Lipinski definition) is 5. The molecule has 2 unspecified atom stereocenters. The number of H-pyrrole nitrogens is 1. The zero-order valence-electron chi connectivity index (χ0n) is 10.2. The largest absolute Gasteiger partial charge is 0.326 e. The minimum atomic E-state index is -3.55.